The lowest BCUT2D eigenvalue weighted by Gasteiger charge is -2.36. The molecule has 2 aromatic carbocycles. The Balaban J connectivity index is 1.62. The monoisotopic (exact) mass is 395 g/mol. The highest BCUT2D eigenvalue weighted by molar-refractivity contribution is 6.30. The summed E-state index contributed by atoms with van der Waals surface area (Å²) in [6.45, 7) is 1.40. The number of halogens is 3. The van der Waals surface area contributed by atoms with Gasteiger partial charge >= 0.3 is 12.6 Å². The summed E-state index contributed by atoms with van der Waals surface area (Å²) >= 11 is 6.09. The molecular formula is C19H20ClF2N3O2. The second kappa shape index (κ2) is 8.43. The first-order valence-corrected chi connectivity index (χ1v) is 8.92. The van der Waals surface area contributed by atoms with E-state index in [0.29, 0.717) is 31.2 Å². The van der Waals surface area contributed by atoms with Crippen LogP contribution in [0.25, 0.3) is 0 Å². The van der Waals surface area contributed by atoms with Crippen LogP contribution in [0.4, 0.5) is 25.0 Å². The number of aryl methyl sites for hydroxylation is 1. The zero-order chi connectivity index (χ0) is 19.4. The molecule has 1 aliphatic heterocycles. The fourth-order valence-electron chi connectivity index (χ4n) is 3.04. The van der Waals surface area contributed by atoms with Crippen LogP contribution in [0.15, 0.2) is 42.5 Å². The van der Waals surface area contributed by atoms with Crippen LogP contribution in [0.1, 0.15) is 5.56 Å². The molecule has 1 heterocycles. The van der Waals surface area contributed by atoms with Crippen LogP contribution >= 0.6 is 11.6 Å². The molecule has 1 aliphatic rings. The van der Waals surface area contributed by atoms with E-state index in [-0.39, 0.29) is 17.5 Å². The van der Waals surface area contributed by atoms with E-state index in [4.69, 9.17) is 11.6 Å². The van der Waals surface area contributed by atoms with Gasteiger partial charge in [-0.05, 0) is 36.8 Å². The average Bonchev–Trinajstić information content (AvgIpc) is 2.65. The predicted octanol–water partition coefficient (Wildman–Crippen LogP) is 4.60. The topological polar surface area (TPSA) is 44.8 Å². The predicted molar refractivity (Wildman–Crippen MR) is 102 cm³/mol. The number of alkyl halides is 2. The highest BCUT2D eigenvalue weighted by atomic mass is 35.5. The first-order valence-electron chi connectivity index (χ1n) is 8.55. The lowest BCUT2D eigenvalue weighted by Crippen LogP contribution is -2.50. The maximum Gasteiger partial charge on any atom is 0.387 e. The van der Waals surface area contributed by atoms with E-state index in [1.165, 1.54) is 12.1 Å². The second-order valence-electron chi connectivity index (χ2n) is 6.21. The number of amides is 2. The van der Waals surface area contributed by atoms with Gasteiger partial charge in [-0.15, -0.1) is 0 Å². The van der Waals surface area contributed by atoms with E-state index in [9.17, 15) is 13.6 Å². The van der Waals surface area contributed by atoms with Gasteiger partial charge in [-0.2, -0.15) is 8.78 Å². The Morgan fingerprint density at radius 3 is 2.56 bits per heavy atom. The van der Waals surface area contributed by atoms with E-state index in [0.717, 1.165) is 11.3 Å². The van der Waals surface area contributed by atoms with Crippen molar-refractivity contribution in [3.63, 3.8) is 0 Å². The Morgan fingerprint density at radius 1 is 1.15 bits per heavy atom. The van der Waals surface area contributed by atoms with Crippen molar-refractivity contribution in [1.82, 2.24) is 4.90 Å². The van der Waals surface area contributed by atoms with Gasteiger partial charge in [0, 0.05) is 36.9 Å². The third-order valence-electron chi connectivity index (χ3n) is 4.42. The molecule has 0 saturated carbocycles. The Labute approximate surface area is 161 Å². The second-order valence-corrected chi connectivity index (χ2v) is 6.65. The third kappa shape index (κ3) is 4.80. The maximum absolute atomic E-state index is 12.5. The largest absolute Gasteiger partial charge is 0.433 e. The number of nitrogens with one attached hydrogen (secondary N) is 1. The number of benzene rings is 2. The number of anilines is 2. The number of ether oxygens (including phenoxy) is 1. The van der Waals surface area contributed by atoms with Gasteiger partial charge in [0.2, 0.25) is 0 Å². The minimum atomic E-state index is -2.95. The van der Waals surface area contributed by atoms with Gasteiger partial charge in [-0.1, -0.05) is 29.8 Å². The standard InChI is InChI=1S/C19H20ClF2N3O2/c1-13-6-7-14(20)12-16(13)24-8-10-25(11-9-24)19(26)23-15-4-2-3-5-17(15)27-18(21)22/h2-7,12,18H,8-11H2,1H3,(H,23,26). The van der Waals surface area contributed by atoms with Crippen molar-refractivity contribution < 1.29 is 18.3 Å². The molecule has 0 aromatic heterocycles. The Bertz CT molecular complexity index is 811. The van der Waals surface area contributed by atoms with E-state index in [2.05, 4.69) is 15.0 Å². The van der Waals surface area contributed by atoms with Gasteiger partial charge in [0.1, 0.15) is 5.75 Å². The van der Waals surface area contributed by atoms with Crippen molar-refractivity contribution in [1.29, 1.82) is 0 Å². The molecule has 3 rings (SSSR count). The van der Waals surface area contributed by atoms with Crippen LogP contribution in [0.5, 0.6) is 5.75 Å². The van der Waals surface area contributed by atoms with Crippen molar-refractivity contribution >= 4 is 29.0 Å². The Kier molecular flexibility index (Phi) is 6.01. The van der Waals surface area contributed by atoms with E-state index in [1.807, 2.05) is 25.1 Å². The summed E-state index contributed by atoms with van der Waals surface area (Å²) in [6, 6.07) is 11.5. The van der Waals surface area contributed by atoms with Gasteiger partial charge in [0.05, 0.1) is 5.69 Å². The molecule has 5 nitrogen and oxygen atoms in total. The summed E-state index contributed by atoms with van der Waals surface area (Å²) in [4.78, 5) is 16.3. The van der Waals surface area contributed by atoms with Gasteiger partial charge in [0.25, 0.3) is 0 Å². The normalized spacial score (nSPS) is 14.4. The van der Waals surface area contributed by atoms with Crippen LogP contribution < -0.4 is 15.0 Å². The fraction of sp³-hybridized carbons (Fsp3) is 0.316. The number of hydrogen-bond donors (Lipinski definition) is 1. The first kappa shape index (κ1) is 19.2. The molecule has 27 heavy (non-hydrogen) atoms. The van der Waals surface area contributed by atoms with Crippen molar-refractivity contribution in [2.45, 2.75) is 13.5 Å². The highest BCUT2D eigenvalue weighted by Crippen LogP contribution is 2.27. The lowest BCUT2D eigenvalue weighted by molar-refractivity contribution is -0.0493. The van der Waals surface area contributed by atoms with E-state index in [1.54, 1.807) is 17.0 Å². The van der Waals surface area contributed by atoms with Crippen LogP contribution in [-0.2, 0) is 0 Å². The molecule has 8 heteroatoms. The van der Waals surface area contributed by atoms with Crippen LogP contribution in [-0.4, -0.2) is 43.7 Å². The smallest absolute Gasteiger partial charge is 0.387 e. The summed E-state index contributed by atoms with van der Waals surface area (Å²) in [7, 11) is 0. The molecule has 1 fully saturated rings. The number of rotatable bonds is 4. The number of piperazine rings is 1. The number of carbonyl (C=O) groups excluding carboxylic acids is 1. The first-order chi connectivity index (χ1) is 12.9. The number of carbonyl (C=O) groups is 1. The van der Waals surface area contributed by atoms with Crippen molar-refractivity contribution in [3.05, 3.63) is 53.1 Å². The number of urea groups is 1. The molecule has 2 aromatic rings. The molecule has 1 N–H and O–H groups in total. The summed E-state index contributed by atoms with van der Waals surface area (Å²) in [5, 5.41) is 3.32. The molecule has 0 spiro atoms. The van der Waals surface area contributed by atoms with Gasteiger partial charge in [-0.3, -0.25) is 0 Å². The van der Waals surface area contributed by atoms with Gasteiger partial charge in [-0.25, -0.2) is 4.79 Å². The molecule has 144 valence electrons. The summed E-state index contributed by atoms with van der Waals surface area (Å²) < 4.78 is 29.4. The highest BCUT2D eigenvalue weighted by Gasteiger charge is 2.23. The fourth-order valence-corrected chi connectivity index (χ4v) is 3.20. The van der Waals surface area contributed by atoms with Crippen molar-refractivity contribution in [2.24, 2.45) is 0 Å². The average molecular weight is 396 g/mol. The SMILES string of the molecule is Cc1ccc(Cl)cc1N1CCN(C(=O)Nc2ccccc2OC(F)F)CC1. The molecule has 0 radical (unpaired) electrons. The summed E-state index contributed by atoms with van der Waals surface area (Å²) in [6.07, 6.45) is 0. The Morgan fingerprint density at radius 2 is 1.85 bits per heavy atom. The zero-order valence-corrected chi connectivity index (χ0v) is 15.5. The number of nitrogens with zero attached hydrogens (tertiary/aromatic N) is 2. The van der Waals surface area contributed by atoms with E-state index >= 15 is 0 Å². The maximum atomic E-state index is 12.5. The molecule has 1 saturated heterocycles. The summed E-state index contributed by atoms with van der Waals surface area (Å²) in [5.74, 6) is -0.0611. The summed E-state index contributed by atoms with van der Waals surface area (Å²) in [5.41, 5.74) is 2.39. The third-order valence-corrected chi connectivity index (χ3v) is 4.66. The molecule has 0 atom stereocenters. The van der Waals surface area contributed by atoms with Gasteiger partial charge < -0.3 is 19.9 Å². The molecule has 0 unspecified atom stereocenters. The number of hydrogen-bond acceptors (Lipinski definition) is 3. The van der Waals surface area contributed by atoms with Crippen LogP contribution in [0, 0.1) is 6.92 Å². The minimum absolute atomic E-state index is 0.0611. The quantitative estimate of drug-likeness (QED) is 0.822. The molecular weight excluding hydrogens is 376 g/mol. The minimum Gasteiger partial charge on any atom is -0.433 e. The number of para-hydroxylation sites is 2. The van der Waals surface area contributed by atoms with Crippen LogP contribution in [0.3, 0.4) is 0 Å². The van der Waals surface area contributed by atoms with Crippen LogP contribution in [0.2, 0.25) is 5.02 Å². The molecule has 2 amide bonds. The Hall–Kier alpha value is -2.54. The van der Waals surface area contributed by atoms with Gasteiger partial charge in [0.15, 0.2) is 0 Å². The lowest BCUT2D eigenvalue weighted by atomic mass is 10.1. The zero-order valence-electron chi connectivity index (χ0n) is 14.8. The molecule has 0 aliphatic carbocycles. The molecule has 0 bridgehead atoms. The van der Waals surface area contributed by atoms with Crippen molar-refractivity contribution in [3.8, 4) is 5.75 Å². The van der Waals surface area contributed by atoms with Crippen molar-refractivity contribution in [2.75, 3.05) is 36.4 Å². The van der Waals surface area contributed by atoms with E-state index < -0.39 is 6.61 Å².